The van der Waals surface area contributed by atoms with Crippen LogP contribution in [0.3, 0.4) is 0 Å². The van der Waals surface area contributed by atoms with Crippen molar-refractivity contribution in [1.82, 2.24) is 0 Å². The van der Waals surface area contributed by atoms with Crippen LogP contribution in [0.5, 0.6) is 11.5 Å². The molecule has 0 aliphatic carbocycles. The predicted molar refractivity (Wildman–Crippen MR) is 110 cm³/mol. The van der Waals surface area contributed by atoms with Crippen molar-refractivity contribution in [1.29, 1.82) is 0 Å². The van der Waals surface area contributed by atoms with Crippen LogP contribution in [-0.4, -0.2) is 19.7 Å². The van der Waals surface area contributed by atoms with Crippen LogP contribution < -0.4 is 9.47 Å². The van der Waals surface area contributed by atoms with Crippen molar-refractivity contribution in [3.8, 4) is 11.5 Å². The maximum Gasteiger partial charge on any atom is 0.306 e. The van der Waals surface area contributed by atoms with Crippen molar-refractivity contribution in [3.63, 3.8) is 0 Å². The quantitative estimate of drug-likeness (QED) is 0.346. The monoisotopic (exact) mass is 434 g/mol. The molecule has 27 heavy (non-hydrogen) atoms. The molecule has 0 spiro atoms. The molecule has 0 aromatic heterocycles. The maximum absolute atomic E-state index is 11.5. The highest BCUT2D eigenvalue weighted by Gasteiger charge is 2.12. The second-order valence-electron chi connectivity index (χ2n) is 6.51. The number of methoxy groups -OCH3 is 1. The van der Waals surface area contributed by atoms with E-state index in [4.69, 9.17) is 14.2 Å². The van der Waals surface area contributed by atoms with E-state index in [9.17, 15) is 4.79 Å². The molecule has 0 heterocycles. The Morgan fingerprint density at radius 2 is 1.96 bits per heavy atom. The fourth-order valence-corrected chi connectivity index (χ4v) is 2.96. The van der Waals surface area contributed by atoms with Crippen LogP contribution in [0.25, 0.3) is 0 Å². The number of ether oxygens (including phenoxy) is 3. The summed E-state index contributed by atoms with van der Waals surface area (Å²) in [4.78, 5) is 11.5. The van der Waals surface area contributed by atoms with Crippen molar-refractivity contribution in [2.75, 3.05) is 13.7 Å². The molecule has 0 radical (unpaired) electrons. The predicted octanol–water partition coefficient (Wildman–Crippen LogP) is 5.87. The molecule has 5 heteroatoms. The molecular formula is C22H27BrO4. The number of halogens is 1. The Bertz CT molecular complexity index is 745. The summed E-state index contributed by atoms with van der Waals surface area (Å²) in [6.07, 6.45) is 2.49. The average Bonchev–Trinajstić information content (AvgIpc) is 2.68. The molecule has 0 saturated carbocycles. The number of unbranched alkanes of at least 4 members (excludes halogenated alkanes) is 1. The molecule has 146 valence electrons. The van der Waals surface area contributed by atoms with E-state index >= 15 is 0 Å². The molecule has 4 nitrogen and oxygen atoms in total. The number of benzene rings is 2. The average molecular weight is 435 g/mol. The molecule has 0 unspecified atom stereocenters. The summed E-state index contributed by atoms with van der Waals surface area (Å²) in [5.41, 5.74) is 2.09. The minimum atomic E-state index is -0.209. The lowest BCUT2D eigenvalue weighted by Gasteiger charge is -2.14. The Kier molecular flexibility index (Phi) is 8.65. The number of hydrogen-bond donors (Lipinski definition) is 0. The van der Waals surface area contributed by atoms with Crippen molar-refractivity contribution >= 4 is 21.9 Å². The smallest absolute Gasteiger partial charge is 0.306 e. The van der Waals surface area contributed by atoms with Gasteiger partial charge in [-0.25, -0.2) is 0 Å². The first-order chi connectivity index (χ1) is 13.0. The molecule has 2 rings (SSSR count). The zero-order valence-corrected chi connectivity index (χ0v) is 17.8. The van der Waals surface area contributed by atoms with Gasteiger partial charge in [-0.05, 0) is 63.7 Å². The number of carbonyl (C=O) groups is 1. The molecule has 0 fully saturated rings. The fourth-order valence-electron chi connectivity index (χ4n) is 2.60. The molecular weight excluding hydrogens is 408 g/mol. The van der Waals surface area contributed by atoms with E-state index in [1.807, 2.05) is 49.4 Å². The zero-order chi connectivity index (χ0) is 19.6. The van der Waals surface area contributed by atoms with Gasteiger partial charge >= 0.3 is 5.97 Å². The second kappa shape index (κ2) is 11.0. The van der Waals surface area contributed by atoms with Gasteiger partial charge in [-0.15, -0.1) is 0 Å². The Balaban J connectivity index is 1.99. The van der Waals surface area contributed by atoms with Crippen molar-refractivity contribution < 1.29 is 19.0 Å². The van der Waals surface area contributed by atoms with Crippen LogP contribution >= 0.6 is 15.9 Å². The van der Waals surface area contributed by atoms with Gasteiger partial charge in [0.05, 0.1) is 24.6 Å². The van der Waals surface area contributed by atoms with Crippen LogP contribution in [0.4, 0.5) is 0 Å². The first-order valence-corrected chi connectivity index (χ1v) is 10.0. The maximum atomic E-state index is 11.5. The highest BCUT2D eigenvalue weighted by Crippen LogP contribution is 2.28. The summed E-state index contributed by atoms with van der Waals surface area (Å²) in [6.45, 7) is 5.30. The summed E-state index contributed by atoms with van der Waals surface area (Å²) in [5, 5.41) is 0. The SMILES string of the molecule is CCCCOc1cc(COc2cccc([C@@H](C)CC(=O)OC)c2)ccc1Br. The lowest BCUT2D eigenvalue weighted by atomic mass is 9.98. The number of carbonyl (C=O) groups excluding carboxylic acids is 1. The van der Waals surface area contributed by atoms with Gasteiger partial charge in [-0.2, -0.15) is 0 Å². The van der Waals surface area contributed by atoms with Crippen LogP contribution in [0.2, 0.25) is 0 Å². The molecule has 2 aromatic carbocycles. The first-order valence-electron chi connectivity index (χ1n) is 9.24. The van der Waals surface area contributed by atoms with Crippen LogP contribution in [0.15, 0.2) is 46.9 Å². The zero-order valence-electron chi connectivity index (χ0n) is 16.2. The van der Waals surface area contributed by atoms with E-state index in [2.05, 4.69) is 22.9 Å². The van der Waals surface area contributed by atoms with Gasteiger partial charge in [0.2, 0.25) is 0 Å². The topological polar surface area (TPSA) is 44.8 Å². The van der Waals surface area contributed by atoms with E-state index in [0.29, 0.717) is 19.6 Å². The fraction of sp³-hybridized carbons (Fsp3) is 0.409. The molecule has 0 amide bonds. The highest BCUT2D eigenvalue weighted by atomic mass is 79.9. The third-order valence-electron chi connectivity index (χ3n) is 4.28. The molecule has 0 saturated heterocycles. The lowest BCUT2D eigenvalue weighted by molar-refractivity contribution is -0.140. The summed E-state index contributed by atoms with van der Waals surface area (Å²) >= 11 is 3.53. The van der Waals surface area contributed by atoms with Gasteiger partial charge in [0, 0.05) is 0 Å². The first kappa shape index (κ1) is 21.3. The number of rotatable bonds is 10. The van der Waals surface area contributed by atoms with E-state index in [-0.39, 0.29) is 11.9 Å². The standard InChI is InChI=1S/C22H27BrO4/c1-4-5-11-26-21-13-17(9-10-20(21)23)15-27-19-8-6-7-18(14-19)16(2)12-22(24)25-3/h6-10,13-14,16H,4-5,11-12,15H2,1-3H3/t16-/m0/s1. The minimum absolute atomic E-state index is 0.0762. The third-order valence-corrected chi connectivity index (χ3v) is 4.94. The summed E-state index contributed by atoms with van der Waals surface area (Å²) < 4.78 is 17.5. The number of hydrogen-bond acceptors (Lipinski definition) is 4. The van der Waals surface area contributed by atoms with Gasteiger partial charge in [0.15, 0.2) is 0 Å². The lowest BCUT2D eigenvalue weighted by Crippen LogP contribution is -2.06. The van der Waals surface area contributed by atoms with Gasteiger partial charge in [0.25, 0.3) is 0 Å². The molecule has 0 aliphatic heterocycles. The molecule has 0 bridgehead atoms. The molecule has 0 N–H and O–H groups in total. The van der Waals surface area contributed by atoms with Gasteiger partial charge < -0.3 is 14.2 Å². The normalized spacial score (nSPS) is 11.7. The van der Waals surface area contributed by atoms with E-state index in [1.165, 1.54) is 7.11 Å². The second-order valence-corrected chi connectivity index (χ2v) is 7.36. The van der Waals surface area contributed by atoms with Gasteiger partial charge in [-0.1, -0.05) is 38.5 Å². The largest absolute Gasteiger partial charge is 0.492 e. The van der Waals surface area contributed by atoms with Gasteiger partial charge in [0.1, 0.15) is 18.1 Å². The third kappa shape index (κ3) is 6.90. The molecule has 1 atom stereocenters. The Morgan fingerprint density at radius 3 is 2.70 bits per heavy atom. The van der Waals surface area contributed by atoms with Crippen LogP contribution in [-0.2, 0) is 16.1 Å². The highest BCUT2D eigenvalue weighted by molar-refractivity contribution is 9.10. The Morgan fingerprint density at radius 1 is 1.15 bits per heavy atom. The Hall–Kier alpha value is -2.01. The summed E-state index contributed by atoms with van der Waals surface area (Å²) in [7, 11) is 1.41. The molecule has 2 aromatic rings. The van der Waals surface area contributed by atoms with Crippen molar-refractivity contribution in [2.45, 2.75) is 45.6 Å². The van der Waals surface area contributed by atoms with E-state index in [1.54, 1.807) is 0 Å². The van der Waals surface area contributed by atoms with Gasteiger partial charge in [-0.3, -0.25) is 4.79 Å². The van der Waals surface area contributed by atoms with E-state index in [0.717, 1.165) is 39.9 Å². The van der Waals surface area contributed by atoms with Crippen LogP contribution in [0, 0.1) is 0 Å². The molecule has 0 aliphatic rings. The number of esters is 1. The van der Waals surface area contributed by atoms with Crippen molar-refractivity contribution in [3.05, 3.63) is 58.1 Å². The summed E-state index contributed by atoms with van der Waals surface area (Å²) in [6, 6.07) is 13.8. The Labute approximate surface area is 170 Å². The van der Waals surface area contributed by atoms with Crippen molar-refractivity contribution in [2.24, 2.45) is 0 Å². The van der Waals surface area contributed by atoms with Crippen LogP contribution in [0.1, 0.15) is 50.2 Å². The minimum Gasteiger partial charge on any atom is -0.492 e. The van der Waals surface area contributed by atoms with E-state index < -0.39 is 0 Å². The summed E-state index contributed by atoms with van der Waals surface area (Å²) in [5.74, 6) is 1.48.